The molecule has 5 aliphatic rings. The van der Waals surface area contributed by atoms with Crippen molar-refractivity contribution in [3.63, 3.8) is 0 Å². The highest BCUT2D eigenvalue weighted by molar-refractivity contribution is 6.02. The molecule has 6 aromatic carbocycles. The zero-order valence-corrected chi connectivity index (χ0v) is 53.1. The molecule has 7 aromatic rings. The number of unbranched alkanes of at least 4 members (excludes halogenated alkanes) is 6. The highest BCUT2D eigenvalue weighted by Gasteiger charge is 2.37. The molecule has 0 unspecified atom stereocenters. The van der Waals surface area contributed by atoms with Crippen LogP contribution in [0.1, 0.15) is 174 Å². The topological polar surface area (TPSA) is 295 Å². The zero-order valence-electron chi connectivity index (χ0n) is 53.1. The third-order valence-corrected chi connectivity index (χ3v) is 16.9. The van der Waals surface area contributed by atoms with Crippen molar-refractivity contribution in [2.45, 2.75) is 166 Å². The average Bonchev–Trinajstić information content (AvgIpc) is 1.76. The summed E-state index contributed by atoms with van der Waals surface area (Å²) in [5.41, 5.74) is 8.16. The molecular formula is C73H80N6O16. The summed E-state index contributed by atoms with van der Waals surface area (Å²) in [6.07, 6.45) is 13.7. The van der Waals surface area contributed by atoms with Crippen molar-refractivity contribution in [2.24, 2.45) is 0 Å². The summed E-state index contributed by atoms with van der Waals surface area (Å²) in [4.78, 5) is 101. The number of rotatable bonds is 33. The van der Waals surface area contributed by atoms with Gasteiger partial charge in [-0.1, -0.05) is 54.6 Å². The fraction of sp³-hybridized carbons (Fsp3) is 0.397. The number of amides is 4. The summed E-state index contributed by atoms with van der Waals surface area (Å²) in [5, 5.41) is 36.6. The zero-order chi connectivity index (χ0) is 66.6. The number of benzene rings is 6. The predicted molar refractivity (Wildman–Crippen MR) is 349 cm³/mol. The van der Waals surface area contributed by atoms with E-state index in [1.54, 1.807) is 48.5 Å². The Balaban J connectivity index is 0.000000155. The molecule has 0 radical (unpaired) electrons. The number of hydrogen-bond acceptors (Lipinski definition) is 15. The molecule has 3 fully saturated rings. The number of nitrogens with zero attached hydrogens (tertiary/aromatic N) is 5. The molecule has 0 bridgehead atoms. The fourth-order valence-electron chi connectivity index (χ4n) is 11.4. The van der Waals surface area contributed by atoms with Crippen LogP contribution in [0.3, 0.4) is 0 Å². The highest BCUT2D eigenvalue weighted by Crippen LogP contribution is 2.37. The molecule has 22 heteroatoms. The summed E-state index contributed by atoms with van der Waals surface area (Å²) < 4.78 is 27.8. The molecule has 2 aliphatic heterocycles. The number of hydrogen-bond donors (Lipinski definition) is 4. The van der Waals surface area contributed by atoms with Crippen LogP contribution in [-0.4, -0.2) is 126 Å². The summed E-state index contributed by atoms with van der Waals surface area (Å²) in [5.74, 6) is 0.0144. The normalized spacial score (nSPS) is 14.1. The number of carbonyl (C=O) groups excluding carboxylic acids is 5. The molecule has 3 aliphatic carbocycles. The van der Waals surface area contributed by atoms with Gasteiger partial charge in [-0.25, -0.2) is 4.63 Å². The average molecular weight is 1300 g/mol. The molecule has 3 saturated carbocycles. The number of aromatic nitrogens is 2. The number of anilines is 1. The van der Waals surface area contributed by atoms with Crippen molar-refractivity contribution in [2.75, 3.05) is 25.1 Å². The lowest BCUT2D eigenvalue weighted by Crippen LogP contribution is -2.32. The number of ether oxygens (including phenoxy) is 4. The van der Waals surface area contributed by atoms with Crippen LogP contribution in [0.5, 0.6) is 23.0 Å². The van der Waals surface area contributed by atoms with E-state index in [0.29, 0.717) is 98.6 Å². The second kappa shape index (κ2) is 33.1. The van der Waals surface area contributed by atoms with Gasteiger partial charge in [0, 0.05) is 102 Å². The molecule has 0 saturated heterocycles. The number of carboxylic acid groups (broad SMARTS) is 3. The van der Waals surface area contributed by atoms with E-state index in [2.05, 4.69) is 15.6 Å². The molecular weight excluding hydrogens is 1220 g/mol. The lowest BCUT2D eigenvalue weighted by Gasteiger charge is -2.24. The van der Waals surface area contributed by atoms with Crippen LogP contribution in [0.4, 0.5) is 5.69 Å². The summed E-state index contributed by atoms with van der Waals surface area (Å²) >= 11 is 0. The lowest BCUT2D eigenvalue weighted by molar-refractivity contribution is -0.138. The van der Waals surface area contributed by atoms with E-state index in [4.69, 9.17) is 38.9 Å². The number of nitrogens with one attached hydrogen (secondary N) is 1. The summed E-state index contributed by atoms with van der Waals surface area (Å²) in [6.45, 7) is 2.92. The van der Waals surface area contributed by atoms with E-state index in [9.17, 15) is 38.4 Å². The Bertz CT molecular complexity index is 3710. The van der Waals surface area contributed by atoms with Gasteiger partial charge in [-0.3, -0.25) is 38.4 Å². The van der Waals surface area contributed by atoms with Crippen molar-refractivity contribution < 1.29 is 77.3 Å². The number of carbonyl (C=O) groups is 8. The van der Waals surface area contributed by atoms with E-state index in [0.717, 1.165) is 128 Å². The summed E-state index contributed by atoms with van der Waals surface area (Å²) in [6, 6.07) is 39.6. The Hall–Kier alpha value is -10.1. The van der Waals surface area contributed by atoms with Gasteiger partial charge in [0.05, 0.1) is 32.7 Å². The molecule has 0 spiro atoms. The van der Waals surface area contributed by atoms with E-state index in [1.165, 1.54) is 0 Å². The van der Waals surface area contributed by atoms with Crippen molar-refractivity contribution in [1.29, 1.82) is 0 Å². The van der Waals surface area contributed by atoms with E-state index >= 15 is 0 Å². The maximum atomic E-state index is 13.3. The standard InChI is InChI=1S/C25H28N2O5.C25H27NO6.C23H25N3O5/c28-23-15-19-14-17(9-12-21(19)26-23)25(31)27(20-10-11-20)16-18-6-3-4-7-22(18)32-13-5-1-2-8-24(29)30;27-23(28)8-2-1-5-13-31-21-7-4-3-6-18(21)16-26(20-10-11-20)25(30)17-9-12-22-19(14-17)15-24(29)32-22;27-22(28)8-2-1-5-13-30-21-7-4-3-6-17(21)15-26(18-10-11-18)23(29)16-9-12-19-20(14-16)25-31-24-19/h3-4,6-7,9,12,14,20H,1-2,5,8,10-11,13,15-16H2,(H,26,28)(H,29,30);3-4,6-7,9,12,14,20H,1-2,5,8,10-11,13,15-16H2,(H,27,28);3-4,6-7,9,12,14,18H,1-2,5,8,10-11,13,15H2,(H,27,28). The molecule has 12 rings (SSSR count). The number of carboxylic acids is 3. The minimum absolute atomic E-state index is 0.0295. The van der Waals surface area contributed by atoms with Gasteiger partial charge < -0.3 is 54.3 Å². The number of aliphatic carboxylic acids is 3. The molecule has 3 heterocycles. The predicted octanol–water partition coefficient (Wildman–Crippen LogP) is 12.0. The second-order valence-corrected chi connectivity index (χ2v) is 24.5. The van der Waals surface area contributed by atoms with Gasteiger partial charge in [-0.15, -0.1) is 0 Å². The first-order valence-corrected chi connectivity index (χ1v) is 32.8. The largest absolute Gasteiger partial charge is 0.493 e. The van der Waals surface area contributed by atoms with Crippen molar-refractivity contribution >= 4 is 64.2 Å². The SMILES string of the molecule is O=C(O)CCCCCOc1ccccc1CN(C(=O)c1ccc2c(c1)CC(=O)N2)C1CC1.O=C(O)CCCCCOc1ccccc1CN(C(=O)c1ccc2c(c1)CC(=O)O2)C1CC1.O=C(O)CCCCCOc1ccccc1CN(C(=O)c1ccc2nonc2c1)C1CC1. The van der Waals surface area contributed by atoms with Crippen LogP contribution in [0.2, 0.25) is 0 Å². The van der Waals surface area contributed by atoms with Crippen molar-refractivity contribution in [3.8, 4) is 23.0 Å². The molecule has 4 amide bonds. The van der Waals surface area contributed by atoms with Crippen LogP contribution in [0, 0.1) is 0 Å². The first-order valence-electron chi connectivity index (χ1n) is 32.8. The van der Waals surface area contributed by atoms with E-state index in [-0.39, 0.29) is 73.4 Å². The van der Waals surface area contributed by atoms with Gasteiger partial charge in [0.1, 0.15) is 34.0 Å². The number of para-hydroxylation sites is 3. The van der Waals surface area contributed by atoms with Gasteiger partial charge >= 0.3 is 23.9 Å². The first kappa shape index (κ1) is 67.8. The van der Waals surface area contributed by atoms with Crippen LogP contribution < -0.4 is 24.3 Å². The van der Waals surface area contributed by atoms with E-state index < -0.39 is 17.9 Å². The molecule has 4 N–H and O–H groups in total. The van der Waals surface area contributed by atoms with E-state index in [1.807, 2.05) is 93.6 Å². The molecule has 498 valence electrons. The fourth-order valence-corrected chi connectivity index (χ4v) is 11.4. The first-order chi connectivity index (χ1) is 46.1. The maximum absolute atomic E-state index is 13.3. The third-order valence-electron chi connectivity index (χ3n) is 16.9. The van der Waals surface area contributed by atoms with Crippen LogP contribution in [0.25, 0.3) is 11.0 Å². The second-order valence-electron chi connectivity index (χ2n) is 24.5. The molecule has 22 nitrogen and oxygen atoms in total. The summed E-state index contributed by atoms with van der Waals surface area (Å²) in [7, 11) is 0. The van der Waals surface area contributed by atoms with Gasteiger partial charge in [-0.05, 0) is 185 Å². The number of esters is 1. The molecule has 0 atom stereocenters. The van der Waals surface area contributed by atoms with Gasteiger partial charge in [0.2, 0.25) is 5.91 Å². The Labute approximate surface area is 550 Å². The Morgan fingerprint density at radius 2 is 0.853 bits per heavy atom. The van der Waals surface area contributed by atoms with Crippen LogP contribution >= 0.6 is 0 Å². The molecule has 95 heavy (non-hydrogen) atoms. The maximum Gasteiger partial charge on any atom is 0.315 e. The smallest absolute Gasteiger partial charge is 0.315 e. The van der Waals surface area contributed by atoms with Gasteiger partial charge in [-0.2, -0.15) is 0 Å². The van der Waals surface area contributed by atoms with Crippen molar-refractivity contribution in [3.05, 3.63) is 172 Å². The Morgan fingerprint density at radius 1 is 0.453 bits per heavy atom. The molecule has 1 aromatic heterocycles. The monoisotopic (exact) mass is 1300 g/mol. The van der Waals surface area contributed by atoms with Gasteiger partial charge in [0.25, 0.3) is 17.7 Å². The van der Waals surface area contributed by atoms with Crippen molar-refractivity contribution in [1.82, 2.24) is 25.0 Å². The van der Waals surface area contributed by atoms with Crippen LogP contribution in [0.15, 0.2) is 132 Å². The number of fused-ring (bicyclic) bond motifs is 3. The highest BCUT2D eigenvalue weighted by atomic mass is 16.6. The lowest BCUT2D eigenvalue weighted by atomic mass is 10.1. The minimum Gasteiger partial charge on any atom is -0.493 e. The Morgan fingerprint density at radius 3 is 1.29 bits per heavy atom. The minimum atomic E-state index is -0.774. The van der Waals surface area contributed by atoms with Gasteiger partial charge in [0.15, 0.2) is 0 Å². The quantitative estimate of drug-likeness (QED) is 0.0169. The van der Waals surface area contributed by atoms with Crippen LogP contribution in [-0.2, 0) is 56.4 Å². The third kappa shape index (κ3) is 20.0. The Kier molecular flexibility index (Phi) is 23.6.